The fraction of sp³-hybridized carbons (Fsp3) is 0.375. The van der Waals surface area contributed by atoms with Crippen LogP contribution in [0.4, 0.5) is 15.8 Å². The van der Waals surface area contributed by atoms with Gasteiger partial charge in [0.15, 0.2) is 0 Å². The highest BCUT2D eigenvalue weighted by Gasteiger charge is 2.27. The van der Waals surface area contributed by atoms with Gasteiger partial charge in [-0.1, -0.05) is 25.3 Å². The fourth-order valence-corrected chi connectivity index (χ4v) is 6.28. The van der Waals surface area contributed by atoms with Gasteiger partial charge in [-0.15, -0.1) is 11.8 Å². The monoisotopic (exact) mass is 559 g/mol. The van der Waals surface area contributed by atoms with Crippen LogP contribution in [0.15, 0.2) is 71.8 Å². The number of amides is 1. The van der Waals surface area contributed by atoms with E-state index in [9.17, 15) is 14.4 Å². The fourth-order valence-electron chi connectivity index (χ4n) is 5.61. The number of aryl methyl sites for hydroxylation is 2. The Morgan fingerprint density at radius 1 is 1.05 bits per heavy atom. The van der Waals surface area contributed by atoms with E-state index < -0.39 is 0 Å². The van der Waals surface area contributed by atoms with Crippen LogP contribution in [0, 0.1) is 31.0 Å². The Morgan fingerprint density at radius 2 is 1.75 bits per heavy atom. The summed E-state index contributed by atoms with van der Waals surface area (Å²) in [6.45, 7) is 15.8. The van der Waals surface area contributed by atoms with Crippen molar-refractivity contribution >= 4 is 29.0 Å². The van der Waals surface area contributed by atoms with E-state index in [2.05, 4.69) is 47.3 Å². The number of piperazine rings is 1. The quantitative estimate of drug-likeness (QED) is 0.238. The van der Waals surface area contributed by atoms with Gasteiger partial charge in [0, 0.05) is 56.6 Å². The third-order valence-electron chi connectivity index (χ3n) is 7.85. The molecule has 2 aromatic rings. The predicted molar refractivity (Wildman–Crippen MR) is 163 cm³/mol. The molecule has 1 N–H and O–H groups in total. The molecule has 2 heterocycles. The van der Waals surface area contributed by atoms with Gasteiger partial charge in [-0.3, -0.25) is 4.79 Å². The lowest BCUT2D eigenvalue weighted by Gasteiger charge is -2.37. The molecule has 2 fully saturated rings. The topological polar surface area (TPSA) is 62.6 Å². The molecule has 0 aromatic heterocycles. The van der Waals surface area contributed by atoms with Gasteiger partial charge >= 0.3 is 0 Å². The maximum Gasteiger partial charge on any atom is 0.254 e. The van der Waals surface area contributed by atoms with Crippen LogP contribution in [0.2, 0.25) is 0 Å². The summed E-state index contributed by atoms with van der Waals surface area (Å²) in [7, 11) is 0. The minimum atomic E-state index is -0.203. The van der Waals surface area contributed by atoms with Crippen molar-refractivity contribution in [2.24, 2.45) is 0 Å². The average Bonchev–Trinajstić information content (AvgIpc) is 2.97. The predicted octanol–water partition coefficient (Wildman–Crippen LogP) is 6.15. The summed E-state index contributed by atoms with van der Waals surface area (Å²) in [5.41, 5.74) is 6.05. The Labute approximate surface area is 241 Å². The molecule has 0 unspecified atom stereocenters. The van der Waals surface area contributed by atoms with Crippen LogP contribution in [0.5, 0.6) is 0 Å². The molecule has 1 amide bonds. The molecule has 2 aromatic carbocycles. The number of likely N-dealkylation sites (tertiary alicyclic amines) is 1. The lowest BCUT2D eigenvalue weighted by molar-refractivity contribution is 0.0746. The second kappa shape index (κ2) is 13.1. The molecule has 2 saturated heterocycles. The van der Waals surface area contributed by atoms with Crippen LogP contribution >= 0.6 is 11.8 Å². The summed E-state index contributed by atoms with van der Waals surface area (Å²) >= 11 is 1.41. The molecule has 0 saturated carbocycles. The van der Waals surface area contributed by atoms with Crippen LogP contribution in [-0.2, 0) is 0 Å². The van der Waals surface area contributed by atoms with Gasteiger partial charge in [0.25, 0.3) is 5.91 Å². The van der Waals surface area contributed by atoms with Crippen LogP contribution in [0.25, 0.3) is 0 Å². The van der Waals surface area contributed by atoms with Crippen LogP contribution in [-0.4, -0.2) is 67.3 Å². The lowest BCUT2D eigenvalue weighted by atomic mass is 9.99. The number of halogens is 1. The van der Waals surface area contributed by atoms with Crippen molar-refractivity contribution in [3.8, 4) is 6.07 Å². The first kappa shape index (κ1) is 29.3. The molecule has 8 heteroatoms. The van der Waals surface area contributed by atoms with Crippen molar-refractivity contribution in [2.75, 3.05) is 55.7 Å². The molecule has 0 bridgehead atoms. The number of piperidine rings is 1. The summed E-state index contributed by atoms with van der Waals surface area (Å²) in [6, 6.07) is 11.8. The molecule has 0 aliphatic carbocycles. The smallest absolute Gasteiger partial charge is 0.254 e. The highest BCUT2D eigenvalue weighted by molar-refractivity contribution is 7.98. The third kappa shape index (κ3) is 6.20. The Balaban J connectivity index is 1.42. The molecule has 210 valence electrons. The second-order valence-electron chi connectivity index (χ2n) is 10.3. The standard InChI is InChI=1S/C32H38FN5OS/c1-6-24(21-34)29(7-2)36-13-11-25(12-14-36)35-28-20-26(22(3)19-23(28)4)32(39)38-17-15-37(16-18-38)30-10-8-9-27(33)31(30)40-5/h6-10,19-20,25,35H,1-2,11-18H2,3-5H3/b29-24-. The number of nitrogens with one attached hydrogen (secondary N) is 1. The van der Waals surface area contributed by atoms with E-state index in [0.29, 0.717) is 36.6 Å². The molecule has 4 rings (SSSR count). The van der Waals surface area contributed by atoms with E-state index >= 15 is 0 Å². The van der Waals surface area contributed by atoms with Gasteiger partial charge in [-0.05, 0) is 74.4 Å². The Hall–Kier alpha value is -3.70. The number of rotatable bonds is 8. The third-order valence-corrected chi connectivity index (χ3v) is 8.66. The van der Waals surface area contributed by atoms with E-state index in [1.54, 1.807) is 18.2 Å². The van der Waals surface area contributed by atoms with E-state index in [4.69, 9.17) is 0 Å². The summed E-state index contributed by atoms with van der Waals surface area (Å²) in [6.07, 6.45) is 7.02. The number of hydrogen-bond acceptors (Lipinski definition) is 6. The Kier molecular flexibility index (Phi) is 9.59. The number of hydrogen-bond donors (Lipinski definition) is 1. The Morgan fingerprint density at radius 3 is 2.35 bits per heavy atom. The number of carbonyl (C=O) groups is 1. The highest BCUT2D eigenvalue weighted by atomic mass is 32.2. The second-order valence-corrected chi connectivity index (χ2v) is 11.1. The van der Waals surface area contributed by atoms with Crippen molar-refractivity contribution in [1.29, 1.82) is 5.26 Å². The highest BCUT2D eigenvalue weighted by Crippen LogP contribution is 2.32. The summed E-state index contributed by atoms with van der Waals surface area (Å²) < 4.78 is 14.3. The average molecular weight is 560 g/mol. The van der Waals surface area contributed by atoms with Crippen LogP contribution in [0.1, 0.15) is 34.3 Å². The maximum atomic E-state index is 14.3. The van der Waals surface area contributed by atoms with Crippen LogP contribution < -0.4 is 10.2 Å². The minimum Gasteiger partial charge on any atom is -0.382 e. The van der Waals surface area contributed by atoms with Crippen molar-refractivity contribution in [1.82, 2.24) is 9.80 Å². The number of allylic oxidation sites excluding steroid dienone is 3. The number of nitriles is 1. The van der Waals surface area contributed by atoms with Crippen molar-refractivity contribution in [3.05, 3.63) is 89.4 Å². The van der Waals surface area contributed by atoms with E-state index in [-0.39, 0.29) is 17.8 Å². The molecule has 0 spiro atoms. The van der Waals surface area contributed by atoms with E-state index in [0.717, 1.165) is 59.7 Å². The Bertz CT molecular complexity index is 1350. The van der Waals surface area contributed by atoms with Crippen molar-refractivity contribution in [3.63, 3.8) is 0 Å². The van der Waals surface area contributed by atoms with Crippen LogP contribution in [0.3, 0.4) is 0 Å². The first-order valence-corrected chi connectivity index (χ1v) is 14.9. The van der Waals surface area contributed by atoms with Gasteiger partial charge in [0.1, 0.15) is 11.9 Å². The van der Waals surface area contributed by atoms with Gasteiger partial charge in [-0.2, -0.15) is 5.26 Å². The van der Waals surface area contributed by atoms with Gasteiger partial charge in [0.2, 0.25) is 0 Å². The number of benzene rings is 2. The maximum absolute atomic E-state index is 14.3. The van der Waals surface area contributed by atoms with E-state index in [1.807, 2.05) is 30.2 Å². The van der Waals surface area contributed by atoms with Gasteiger partial charge in [0.05, 0.1) is 21.9 Å². The molecule has 2 aliphatic rings. The number of carbonyl (C=O) groups excluding carboxylic acids is 1. The zero-order valence-corrected chi connectivity index (χ0v) is 24.5. The van der Waals surface area contributed by atoms with E-state index in [1.165, 1.54) is 17.8 Å². The zero-order valence-electron chi connectivity index (χ0n) is 23.7. The largest absolute Gasteiger partial charge is 0.382 e. The van der Waals surface area contributed by atoms with Crippen molar-refractivity contribution < 1.29 is 9.18 Å². The molecular formula is C32H38FN5OS. The van der Waals surface area contributed by atoms with Crippen molar-refractivity contribution in [2.45, 2.75) is 37.6 Å². The molecule has 0 atom stereocenters. The molecule has 40 heavy (non-hydrogen) atoms. The first-order chi connectivity index (χ1) is 19.3. The molecule has 6 nitrogen and oxygen atoms in total. The number of nitrogens with zero attached hydrogens (tertiary/aromatic N) is 4. The SMILES string of the molecule is C=C/C(C#N)=C(\C=C)N1CCC(Nc2cc(C(=O)N3CCN(c4cccc(F)c4SC)CC3)c(C)cc2C)CC1. The molecule has 2 aliphatic heterocycles. The number of thioether (sulfide) groups is 1. The first-order valence-electron chi connectivity index (χ1n) is 13.7. The molecular weight excluding hydrogens is 521 g/mol. The molecule has 0 radical (unpaired) electrons. The number of anilines is 2. The van der Waals surface area contributed by atoms with Gasteiger partial charge in [-0.25, -0.2) is 4.39 Å². The summed E-state index contributed by atoms with van der Waals surface area (Å²) in [4.78, 5) is 20.5. The summed E-state index contributed by atoms with van der Waals surface area (Å²) in [5, 5.41) is 13.1. The van der Waals surface area contributed by atoms with Gasteiger partial charge < -0.3 is 20.0 Å². The normalized spacial score (nSPS) is 16.7. The minimum absolute atomic E-state index is 0.0357. The zero-order chi connectivity index (χ0) is 28.8. The summed E-state index contributed by atoms with van der Waals surface area (Å²) in [5.74, 6) is -0.167. The lowest BCUT2D eigenvalue weighted by Crippen LogP contribution is -2.49.